The fraction of sp³-hybridized carbons (Fsp3) is 0.300. The van der Waals surface area contributed by atoms with E-state index in [0.29, 0.717) is 5.56 Å². The number of benzene rings is 1. The van der Waals surface area contributed by atoms with Gasteiger partial charge in [0.25, 0.3) is 0 Å². The van der Waals surface area contributed by atoms with Crippen LogP contribution in [-0.4, -0.2) is 17.4 Å². The Hall–Kier alpha value is -1.35. The number of hydrogen-bond donors (Lipinski definition) is 2. The minimum atomic E-state index is -0.236. The summed E-state index contributed by atoms with van der Waals surface area (Å²) in [5, 5.41) is 9.60. The molecule has 0 radical (unpaired) electrons. The van der Waals surface area contributed by atoms with Gasteiger partial charge in [-0.05, 0) is 31.0 Å². The molecule has 0 saturated heterocycles. The number of aromatic hydroxyl groups is 1. The van der Waals surface area contributed by atoms with Crippen LogP contribution in [0.1, 0.15) is 21.5 Å². The van der Waals surface area contributed by atoms with Crippen LogP contribution in [0, 0.1) is 13.8 Å². The van der Waals surface area contributed by atoms with Crippen molar-refractivity contribution in [2.45, 2.75) is 13.8 Å². The maximum absolute atomic E-state index is 11.2. The lowest BCUT2D eigenvalue weighted by atomic mass is 10.0. The van der Waals surface area contributed by atoms with Crippen molar-refractivity contribution < 1.29 is 9.90 Å². The predicted molar refractivity (Wildman–Crippen MR) is 51.0 cm³/mol. The second-order valence-electron chi connectivity index (χ2n) is 3.03. The second-order valence-corrected chi connectivity index (χ2v) is 3.03. The van der Waals surface area contributed by atoms with Crippen LogP contribution in [0.4, 0.5) is 0 Å². The molecule has 0 unspecified atom stereocenters. The van der Waals surface area contributed by atoms with Crippen molar-refractivity contribution in [2.75, 3.05) is 6.54 Å². The van der Waals surface area contributed by atoms with E-state index in [9.17, 15) is 9.90 Å². The third kappa shape index (κ3) is 1.70. The summed E-state index contributed by atoms with van der Waals surface area (Å²) < 4.78 is 0. The number of hydrogen-bond acceptors (Lipinski definition) is 3. The van der Waals surface area contributed by atoms with Crippen LogP contribution in [0.2, 0.25) is 0 Å². The van der Waals surface area contributed by atoms with Crippen LogP contribution >= 0.6 is 0 Å². The molecule has 0 heterocycles. The van der Waals surface area contributed by atoms with E-state index in [2.05, 4.69) is 0 Å². The highest BCUT2D eigenvalue weighted by molar-refractivity contribution is 6.00. The zero-order valence-corrected chi connectivity index (χ0v) is 7.79. The van der Waals surface area contributed by atoms with E-state index in [1.807, 2.05) is 6.92 Å². The molecular weight excluding hydrogens is 166 g/mol. The van der Waals surface area contributed by atoms with E-state index >= 15 is 0 Å². The fourth-order valence-corrected chi connectivity index (χ4v) is 1.14. The maximum atomic E-state index is 11.2. The van der Waals surface area contributed by atoms with Crippen molar-refractivity contribution >= 4 is 5.78 Å². The summed E-state index contributed by atoms with van der Waals surface area (Å²) in [5.74, 6) is -0.184. The van der Waals surface area contributed by atoms with E-state index in [1.54, 1.807) is 19.1 Å². The van der Waals surface area contributed by atoms with Gasteiger partial charge in [0.1, 0.15) is 5.75 Å². The smallest absolute Gasteiger partial charge is 0.180 e. The average molecular weight is 179 g/mol. The molecule has 0 aliphatic carbocycles. The second kappa shape index (κ2) is 3.58. The molecule has 70 valence electrons. The quantitative estimate of drug-likeness (QED) is 0.669. The molecule has 0 fully saturated rings. The van der Waals surface area contributed by atoms with Crippen LogP contribution in [0.3, 0.4) is 0 Å². The van der Waals surface area contributed by atoms with E-state index in [0.717, 1.165) is 11.1 Å². The van der Waals surface area contributed by atoms with Crippen LogP contribution in [0.5, 0.6) is 5.75 Å². The Kier molecular flexibility index (Phi) is 2.68. The maximum Gasteiger partial charge on any atom is 0.180 e. The first-order valence-electron chi connectivity index (χ1n) is 4.10. The molecular formula is C10H13NO2. The van der Waals surface area contributed by atoms with Gasteiger partial charge < -0.3 is 10.8 Å². The summed E-state index contributed by atoms with van der Waals surface area (Å²) in [5.41, 5.74) is 7.21. The first-order valence-corrected chi connectivity index (χ1v) is 4.10. The van der Waals surface area contributed by atoms with Gasteiger partial charge in [0, 0.05) is 0 Å². The first kappa shape index (κ1) is 9.74. The average Bonchev–Trinajstić information content (AvgIpc) is 2.13. The molecule has 3 heteroatoms. The molecule has 3 nitrogen and oxygen atoms in total. The third-order valence-electron chi connectivity index (χ3n) is 2.19. The lowest BCUT2D eigenvalue weighted by Crippen LogP contribution is -2.14. The van der Waals surface area contributed by atoms with Crippen molar-refractivity contribution in [3.8, 4) is 5.75 Å². The molecule has 0 atom stereocenters. The van der Waals surface area contributed by atoms with Crippen molar-refractivity contribution in [2.24, 2.45) is 5.73 Å². The molecule has 0 aliphatic heterocycles. The highest BCUT2D eigenvalue weighted by Gasteiger charge is 2.11. The van der Waals surface area contributed by atoms with Crippen LogP contribution in [0.15, 0.2) is 12.1 Å². The van der Waals surface area contributed by atoms with Gasteiger partial charge in [-0.3, -0.25) is 4.79 Å². The highest BCUT2D eigenvalue weighted by atomic mass is 16.3. The molecule has 13 heavy (non-hydrogen) atoms. The van der Waals surface area contributed by atoms with Crippen LogP contribution in [0.25, 0.3) is 0 Å². The summed E-state index contributed by atoms with van der Waals surface area (Å²) in [6, 6.07) is 3.41. The van der Waals surface area contributed by atoms with Gasteiger partial charge in [-0.25, -0.2) is 0 Å². The van der Waals surface area contributed by atoms with Crippen LogP contribution in [-0.2, 0) is 0 Å². The Morgan fingerprint density at radius 2 is 2.08 bits per heavy atom. The standard InChI is InChI=1S/C10H13NO2/c1-6-3-4-8(9(12)5-11)10(13)7(6)2/h3-4,13H,5,11H2,1-2H3. The molecule has 1 rings (SSSR count). The number of rotatable bonds is 2. The minimum Gasteiger partial charge on any atom is -0.507 e. The van der Waals surface area contributed by atoms with Gasteiger partial charge in [0.05, 0.1) is 12.1 Å². The number of Topliss-reactive ketones (excluding diaryl/α,β-unsaturated/α-hetero) is 1. The molecule has 0 bridgehead atoms. The van der Waals surface area contributed by atoms with E-state index in [-0.39, 0.29) is 18.1 Å². The lowest BCUT2D eigenvalue weighted by Gasteiger charge is -2.07. The van der Waals surface area contributed by atoms with Crippen molar-refractivity contribution in [1.82, 2.24) is 0 Å². The topological polar surface area (TPSA) is 63.3 Å². The normalized spacial score (nSPS) is 10.1. The van der Waals surface area contributed by atoms with Gasteiger partial charge in [-0.2, -0.15) is 0 Å². The Morgan fingerprint density at radius 1 is 1.46 bits per heavy atom. The highest BCUT2D eigenvalue weighted by Crippen LogP contribution is 2.24. The van der Waals surface area contributed by atoms with Gasteiger partial charge in [0.15, 0.2) is 5.78 Å². The van der Waals surface area contributed by atoms with E-state index < -0.39 is 0 Å². The number of ketones is 1. The predicted octanol–water partition coefficient (Wildman–Crippen LogP) is 1.15. The number of nitrogens with two attached hydrogens (primary N) is 1. The molecule has 1 aromatic carbocycles. The largest absolute Gasteiger partial charge is 0.507 e. The number of aryl methyl sites for hydroxylation is 1. The molecule has 0 saturated carbocycles. The Bertz CT molecular complexity index is 345. The Labute approximate surface area is 77.2 Å². The number of phenolic OH excluding ortho intramolecular Hbond substituents is 1. The summed E-state index contributed by atoms with van der Waals surface area (Å²) in [6.07, 6.45) is 0. The summed E-state index contributed by atoms with van der Waals surface area (Å²) in [6.45, 7) is 3.58. The van der Waals surface area contributed by atoms with Crippen LogP contribution < -0.4 is 5.73 Å². The molecule has 1 aromatic rings. The lowest BCUT2D eigenvalue weighted by molar-refractivity contribution is 0.0998. The van der Waals surface area contributed by atoms with E-state index in [4.69, 9.17) is 5.73 Å². The Morgan fingerprint density at radius 3 is 2.62 bits per heavy atom. The minimum absolute atomic E-state index is 0.0513. The molecule has 0 aromatic heterocycles. The summed E-state index contributed by atoms with van der Waals surface area (Å²) >= 11 is 0. The van der Waals surface area contributed by atoms with Gasteiger partial charge >= 0.3 is 0 Å². The molecule has 0 spiro atoms. The van der Waals surface area contributed by atoms with Gasteiger partial charge in [-0.15, -0.1) is 0 Å². The fourth-order valence-electron chi connectivity index (χ4n) is 1.14. The third-order valence-corrected chi connectivity index (χ3v) is 2.19. The molecule has 3 N–H and O–H groups in total. The number of carbonyl (C=O) groups is 1. The summed E-state index contributed by atoms with van der Waals surface area (Å²) in [4.78, 5) is 11.2. The van der Waals surface area contributed by atoms with Crippen molar-refractivity contribution in [3.05, 3.63) is 28.8 Å². The first-order chi connectivity index (χ1) is 6.07. The van der Waals surface area contributed by atoms with Gasteiger partial charge in [0.2, 0.25) is 0 Å². The monoisotopic (exact) mass is 179 g/mol. The number of carbonyl (C=O) groups excluding carboxylic acids is 1. The molecule has 0 aliphatic rings. The van der Waals surface area contributed by atoms with E-state index in [1.165, 1.54) is 0 Å². The SMILES string of the molecule is Cc1ccc(C(=O)CN)c(O)c1C. The zero-order valence-electron chi connectivity index (χ0n) is 7.79. The zero-order chi connectivity index (χ0) is 10.0. The Balaban J connectivity index is 3.26. The molecule has 0 amide bonds. The van der Waals surface area contributed by atoms with Crippen molar-refractivity contribution in [3.63, 3.8) is 0 Å². The summed E-state index contributed by atoms with van der Waals surface area (Å²) in [7, 11) is 0. The van der Waals surface area contributed by atoms with Crippen molar-refractivity contribution in [1.29, 1.82) is 0 Å². The number of phenols is 1. The van der Waals surface area contributed by atoms with Gasteiger partial charge in [-0.1, -0.05) is 6.07 Å².